The second-order valence-corrected chi connectivity index (χ2v) is 11.2. The van der Waals surface area contributed by atoms with Gasteiger partial charge in [0.1, 0.15) is 28.0 Å². The number of aliphatic imine (C=N–C) groups is 1. The van der Waals surface area contributed by atoms with E-state index in [4.69, 9.17) is 15.0 Å². The maximum absolute atomic E-state index is 5.23. The van der Waals surface area contributed by atoms with Crippen LogP contribution in [0.4, 0.5) is 0 Å². The summed E-state index contributed by atoms with van der Waals surface area (Å²) in [5.74, 6) is 0.857. The van der Waals surface area contributed by atoms with E-state index in [9.17, 15) is 0 Å². The fraction of sp³-hybridized carbons (Fsp3) is 0.0250. The van der Waals surface area contributed by atoms with Crippen LogP contribution in [0.3, 0.4) is 0 Å². The molecule has 7 aromatic rings. The minimum atomic E-state index is 0.0317. The van der Waals surface area contributed by atoms with Crippen molar-refractivity contribution < 1.29 is 0 Å². The average molecular weight is 576 g/mol. The maximum Gasteiger partial charge on any atom is 0.137 e. The van der Waals surface area contributed by atoms with Gasteiger partial charge in [0, 0.05) is 33.8 Å². The number of nitrogens with zero attached hydrogens (tertiary/aromatic N) is 4. The van der Waals surface area contributed by atoms with Crippen LogP contribution in [-0.4, -0.2) is 26.2 Å². The van der Waals surface area contributed by atoms with Crippen LogP contribution in [0.1, 0.15) is 11.1 Å². The van der Waals surface area contributed by atoms with Crippen LogP contribution in [0.25, 0.3) is 55.7 Å². The quantitative estimate of drug-likeness (QED) is 0.230. The fourth-order valence-corrected chi connectivity index (χ4v) is 6.33. The van der Waals surface area contributed by atoms with Gasteiger partial charge in [-0.1, -0.05) is 109 Å². The first kappa shape index (κ1) is 25.3. The summed E-state index contributed by atoms with van der Waals surface area (Å²) in [7, 11) is 0. The van der Waals surface area contributed by atoms with E-state index < -0.39 is 0 Å². The van der Waals surface area contributed by atoms with Crippen molar-refractivity contribution in [3.63, 3.8) is 0 Å². The molecule has 1 N–H and O–H groups in total. The van der Waals surface area contributed by atoms with E-state index in [0.717, 1.165) is 72.6 Å². The third-order valence-corrected chi connectivity index (χ3v) is 8.50. The molecule has 0 fully saturated rings. The SMILES string of the molecule is c1ccc2c(c#1)nc(-c1ccc(C3=C4C=CC=CC4NC(c4cccc(-c5ccccc5)c4)=N3)cc1)c1c2nc2ccccn21. The number of amidine groups is 1. The molecule has 0 bridgehead atoms. The minimum absolute atomic E-state index is 0.0317. The van der Waals surface area contributed by atoms with Crippen molar-refractivity contribution in [2.45, 2.75) is 6.04 Å². The second-order valence-electron chi connectivity index (χ2n) is 11.2. The Kier molecular flexibility index (Phi) is 5.72. The molecule has 45 heavy (non-hydrogen) atoms. The van der Waals surface area contributed by atoms with Crippen LogP contribution in [0.15, 0.2) is 150 Å². The number of nitrogens with one attached hydrogen (secondary N) is 1. The molecule has 3 aromatic heterocycles. The zero-order chi connectivity index (χ0) is 29.7. The van der Waals surface area contributed by atoms with Crippen LogP contribution < -0.4 is 5.32 Å². The average Bonchev–Trinajstić information content (AvgIpc) is 3.51. The Morgan fingerprint density at radius 2 is 1.53 bits per heavy atom. The van der Waals surface area contributed by atoms with Crippen LogP contribution in [-0.2, 0) is 0 Å². The van der Waals surface area contributed by atoms with Gasteiger partial charge in [0.2, 0.25) is 0 Å². The lowest BCUT2D eigenvalue weighted by Gasteiger charge is -2.28. The molecule has 0 spiro atoms. The number of pyridine rings is 2. The normalized spacial score (nSPS) is 15.6. The molecule has 9 rings (SSSR count). The van der Waals surface area contributed by atoms with Gasteiger partial charge in [-0.05, 0) is 47.5 Å². The predicted octanol–water partition coefficient (Wildman–Crippen LogP) is 8.23. The third kappa shape index (κ3) is 4.23. The third-order valence-electron chi connectivity index (χ3n) is 8.50. The van der Waals surface area contributed by atoms with Gasteiger partial charge in [-0.15, -0.1) is 0 Å². The van der Waals surface area contributed by atoms with Gasteiger partial charge < -0.3 is 5.32 Å². The Labute approximate surface area is 260 Å². The van der Waals surface area contributed by atoms with Crippen LogP contribution in [0.2, 0.25) is 0 Å². The molecule has 0 amide bonds. The smallest absolute Gasteiger partial charge is 0.137 e. The largest absolute Gasteiger partial charge is 0.359 e. The molecular formula is C40H25N5. The molecule has 0 radical (unpaired) electrons. The lowest BCUT2D eigenvalue weighted by atomic mass is 9.93. The molecule has 1 aliphatic heterocycles. The number of benzene rings is 3. The highest BCUT2D eigenvalue weighted by atomic mass is 15.1. The molecule has 1 unspecified atom stereocenters. The molecule has 210 valence electrons. The Morgan fingerprint density at radius 1 is 0.711 bits per heavy atom. The van der Waals surface area contributed by atoms with Gasteiger partial charge in [0.25, 0.3) is 0 Å². The number of rotatable bonds is 4. The molecule has 0 saturated carbocycles. The topological polar surface area (TPSA) is 54.6 Å². The zero-order valence-electron chi connectivity index (χ0n) is 24.1. The van der Waals surface area contributed by atoms with Crippen molar-refractivity contribution in [3.8, 4) is 22.4 Å². The zero-order valence-corrected chi connectivity index (χ0v) is 24.1. The van der Waals surface area contributed by atoms with E-state index in [-0.39, 0.29) is 6.04 Å². The van der Waals surface area contributed by atoms with E-state index in [1.54, 1.807) is 0 Å². The van der Waals surface area contributed by atoms with Crippen LogP contribution >= 0.6 is 0 Å². The molecule has 4 aromatic carbocycles. The van der Waals surface area contributed by atoms with Gasteiger partial charge >= 0.3 is 0 Å². The summed E-state index contributed by atoms with van der Waals surface area (Å²) < 4.78 is 2.11. The first-order valence-electron chi connectivity index (χ1n) is 15.0. The van der Waals surface area contributed by atoms with Gasteiger partial charge in [0.05, 0.1) is 17.4 Å². The Balaban J connectivity index is 1.16. The molecule has 0 saturated heterocycles. The second kappa shape index (κ2) is 10.2. The summed E-state index contributed by atoms with van der Waals surface area (Å²) in [5, 5.41) is 4.63. The maximum atomic E-state index is 5.23. The van der Waals surface area contributed by atoms with Crippen molar-refractivity contribution in [1.82, 2.24) is 19.7 Å². The van der Waals surface area contributed by atoms with Crippen molar-refractivity contribution in [2.75, 3.05) is 0 Å². The van der Waals surface area contributed by atoms with Crippen molar-refractivity contribution in [2.24, 2.45) is 4.99 Å². The van der Waals surface area contributed by atoms with E-state index in [1.807, 2.05) is 42.6 Å². The standard InChI is InChI=1S/C40H25N5/c1-2-11-26(12-3-1)29-13-10-14-30(25-29)40-42-34-18-7-4-15-31(34)36(44-40)27-20-22-28(23-21-27)37-39-38(32-16-5-6-17-33(32)41-37)43-35-19-8-9-24-45(35)39/h1-5,7-16,18-25,34H,(H,42,44). The number of aromatic nitrogens is 3. The summed E-state index contributed by atoms with van der Waals surface area (Å²) >= 11 is 0. The first-order chi connectivity index (χ1) is 22.3. The number of allylic oxidation sites excluding steroid dienone is 2. The summed E-state index contributed by atoms with van der Waals surface area (Å²) in [4.78, 5) is 15.3. The van der Waals surface area contributed by atoms with E-state index >= 15 is 0 Å². The summed E-state index contributed by atoms with van der Waals surface area (Å²) in [6.07, 6.45) is 10.6. The van der Waals surface area contributed by atoms with Crippen LogP contribution in [0, 0.1) is 12.1 Å². The Hall–Kier alpha value is -6.25. The van der Waals surface area contributed by atoms with Crippen molar-refractivity contribution in [1.29, 1.82) is 0 Å². The van der Waals surface area contributed by atoms with Crippen LogP contribution in [0.5, 0.6) is 0 Å². The fourth-order valence-electron chi connectivity index (χ4n) is 6.33. The molecular weight excluding hydrogens is 550 g/mol. The Morgan fingerprint density at radius 3 is 2.44 bits per heavy atom. The number of imidazole rings is 1. The molecule has 4 heterocycles. The lowest BCUT2D eigenvalue weighted by Crippen LogP contribution is -2.39. The highest BCUT2D eigenvalue weighted by Gasteiger charge is 2.25. The summed E-state index contributed by atoms with van der Waals surface area (Å²) in [6, 6.07) is 43.8. The molecule has 5 heteroatoms. The van der Waals surface area contributed by atoms with Gasteiger partial charge in [-0.2, -0.15) is 0 Å². The van der Waals surface area contributed by atoms with Gasteiger partial charge in [-0.3, -0.25) is 4.40 Å². The highest BCUT2D eigenvalue weighted by molar-refractivity contribution is 6.09. The van der Waals surface area contributed by atoms with E-state index in [2.05, 4.69) is 119 Å². The van der Waals surface area contributed by atoms with E-state index in [1.165, 1.54) is 5.56 Å². The lowest BCUT2D eigenvalue weighted by molar-refractivity contribution is 0.830. The van der Waals surface area contributed by atoms with Gasteiger partial charge in [0.15, 0.2) is 0 Å². The molecule has 1 aliphatic carbocycles. The Bertz CT molecular complexity index is 2390. The highest BCUT2D eigenvalue weighted by Crippen LogP contribution is 2.35. The molecule has 5 nitrogen and oxygen atoms in total. The molecule has 1 atom stereocenters. The monoisotopic (exact) mass is 575 g/mol. The van der Waals surface area contributed by atoms with Crippen molar-refractivity contribution in [3.05, 3.63) is 169 Å². The predicted molar refractivity (Wildman–Crippen MR) is 182 cm³/mol. The van der Waals surface area contributed by atoms with Gasteiger partial charge in [-0.25, -0.2) is 15.0 Å². The number of hydrogen-bond acceptors (Lipinski definition) is 4. The first-order valence-corrected chi connectivity index (χ1v) is 15.0. The summed E-state index contributed by atoms with van der Waals surface area (Å²) in [6.45, 7) is 0. The number of hydrogen-bond donors (Lipinski definition) is 1. The van der Waals surface area contributed by atoms with Crippen molar-refractivity contribution >= 4 is 39.1 Å². The minimum Gasteiger partial charge on any atom is -0.359 e. The van der Waals surface area contributed by atoms with E-state index in [0.29, 0.717) is 0 Å². The summed E-state index contributed by atoms with van der Waals surface area (Å²) in [5.41, 5.74) is 11.9. The number of fused-ring (bicyclic) bond motifs is 6. The molecule has 2 aliphatic rings.